The van der Waals surface area contributed by atoms with Crippen LogP contribution >= 0.6 is 0 Å². The molecule has 2 saturated heterocycles. The number of rotatable bonds is 4. The molecule has 142 valence electrons. The van der Waals surface area contributed by atoms with Crippen molar-refractivity contribution in [1.82, 2.24) is 25.0 Å². The molecule has 27 heavy (non-hydrogen) atoms. The highest BCUT2D eigenvalue weighted by Crippen LogP contribution is 2.21. The van der Waals surface area contributed by atoms with Crippen LogP contribution in [0.4, 0.5) is 4.79 Å². The second-order valence-corrected chi connectivity index (χ2v) is 7.15. The van der Waals surface area contributed by atoms with E-state index in [-0.39, 0.29) is 30.4 Å². The first-order valence-electron chi connectivity index (χ1n) is 9.15. The van der Waals surface area contributed by atoms with E-state index >= 15 is 0 Å². The number of likely N-dealkylation sites (N-methyl/N-ethyl adjacent to an activating group) is 1. The van der Waals surface area contributed by atoms with Gasteiger partial charge in [0.25, 0.3) is 0 Å². The minimum atomic E-state index is -0.465. The van der Waals surface area contributed by atoms with Crippen LogP contribution in [0.5, 0.6) is 0 Å². The maximum Gasteiger partial charge on any atom is 0.317 e. The second kappa shape index (κ2) is 6.94. The van der Waals surface area contributed by atoms with Gasteiger partial charge < -0.3 is 25.0 Å². The van der Waals surface area contributed by atoms with E-state index < -0.39 is 6.04 Å². The predicted octanol–water partition coefficient (Wildman–Crippen LogP) is 0.382. The van der Waals surface area contributed by atoms with E-state index in [4.69, 9.17) is 0 Å². The van der Waals surface area contributed by atoms with Crippen molar-refractivity contribution in [1.29, 1.82) is 0 Å². The van der Waals surface area contributed by atoms with Gasteiger partial charge in [0.05, 0.1) is 12.6 Å². The molecule has 8 nitrogen and oxygen atoms in total. The number of fused-ring (bicyclic) bond motifs is 2. The first kappa shape index (κ1) is 17.4. The summed E-state index contributed by atoms with van der Waals surface area (Å²) < 4.78 is 2.12. The number of aromatic nitrogens is 1. The zero-order chi connectivity index (χ0) is 19.0. The lowest BCUT2D eigenvalue weighted by Gasteiger charge is -2.28. The van der Waals surface area contributed by atoms with Crippen molar-refractivity contribution in [3.8, 4) is 0 Å². The van der Waals surface area contributed by atoms with Crippen LogP contribution in [0.25, 0.3) is 10.9 Å². The third kappa shape index (κ3) is 3.34. The van der Waals surface area contributed by atoms with Crippen molar-refractivity contribution in [2.24, 2.45) is 0 Å². The molecule has 2 aliphatic heterocycles. The summed E-state index contributed by atoms with van der Waals surface area (Å²) in [6.07, 6.45) is 2.48. The summed E-state index contributed by atoms with van der Waals surface area (Å²) in [5.74, 6) is -0.233. The van der Waals surface area contributed by atoms with Gasteiger partial charge in [-0.1, -0.05) is 18.2 Å². The van der Waals surface area contributed by atoms with Crippen LogP contribution in [-0.2, 0) is 16.1 Å². The predicted molar refractivity (Wildman–Crippen MR) is 100 cm³/mol. The first-order valence-corrected chi connectivity index (χ1v) is 9.15. The largest absolute Gasteiger partial charge is 0.346 e. The number of piperazine rings is 1. The topological polar surface area (TPSA) is 86.7 Å². The minimum Gasteiger partial charge on any atom is -0.346 e. The summed E-state index contributed by atoms with van der Waals surface area (Å²) >= 11 is 0. The van der Waals surface area contributed by atoms with E-state index in [1.807, 2.05) is 18.3 Å². The number of hydrogen-bond donors (Lipinski definition) is 2. The Bertz CT molecular complexity index is 868. The lowest BCUT2D eigenvalue weighted by atomic mass is 10.1. The summed E-state index contributed by atoms with van der Waals surface area (Å²) in [5.41, 5.74) is 1.14. The Morgan fingerprint density at radius 3 is 2.93 bits per heavy atom. The molecule has 3 heterocycles. The third-order valence-electron chi connectivity index (χ3n) is 5.37. The number of nitrogens with zero attached hydrogens (tertiary/aromatic N) is 3. The van der Waals surface area contributed by atoms with Gasteiger partial charge in [0.2, 0.25) is 11.8 Å². The SMILES string of the molecule is CN(CCn1ccc2ccccc21)C(=O)N[C@@H]1C[C@H]2C(=O)NCC(=O)N2C1. The van der Waals surface area contributed by atoms with Crippen LogP contribution in [0, 0.1) is 0 Å². The smallest absolute Gasteiger partial charge is 0.317 e. The highest BCUT2D eigenvalue weighted by molar-refractivity contribution is 5.95. The lowest BCUT2D eigenvalue weighted by molar-refractivity contribution is -0.143. The molecule has 2 fully saturated rings. The molecule has 0 bridgehead atoms. The van der Waals surface area contributed by atoms with Crippen LogP contribution < -0.4 is 10.6 Å². The molecule has 0 radical (unpaired) electrons. The van der Waals surface area contributed by atoms with Gasteiger partial charge in [-0.2, -0.15) is 0 Å². The summed E-state index contributed by atoms with van der Waals surface area (Å²) in [5, 5.41) is 6.72. The Labute approximate surface area is 157 Å². The highest BCUT2D eigenvalue weighted by atomic mass is 16.2. The molecule has 2 N–H and O–H groups in total. The first-order chi connectivity index (χ1) is 13.0. The fourth-order valence-corrected chi connectivity index (χ4v) is 3.83. The molecular weight excluding hydrogens is 346 g/mol. The maximum absolute atomic E-state index is 12.5. The zero-order valence-electron chi connectivity index (χ0n) is 15.2. The van der Waals surface area contributed by atoms with Gasteiger partial charge in [0.1, 0.15) is 6.04 Å². The molecule has 4 amide bonds. The molecule has 2 atom stereocenters. The molecule has 0 aliphatic carbocycles. The monoisotopic (exact) mass is 369 g/mol. The van der Waals surface area contributed by atoms with Gasteiger partial charge in [-0.25, -0.2) is 4.79 Å². The zero-order valence-corrected chi connectivity index (χ0v) is 15.2. The van der Waals surface area contributed by atoms with E-state index in [9.17, 15) is 14.4 Å². The van der Waals surface area contributed by atoms with Crippen molar-refractivity contribution in [3.63, 3.8) is 0 Å². The van der Waals surface area contributed by atoms with Crippen molar-refractivity contribution in [2.45, 2.75) is 25.0 Å². The van der Waals surface area contributed by atoms with Gasteiger partial charge in [0.15, 0.2) is 0 Å². The maximum atomic E-state index is 12.5. The number of carbonyl (C=O) groups is 3. The Balaban J connectivity index is 1.32. The third-order valence-corrected chi connectivity index (χ3v) is 5.37. The van der Waals surface area contributed by atoms with Crippen LogP contribution in [0.3, 0.4) is 0 Å². The molecule has 2 aromatic rings. The van der Waals surface area contributed by atoms with Crippen LogP contribution in [0.1, 0.15) is 6.42 Å². The van der Waals surface area contributed by atoms with E-state index in [0.29, 0.717) is 26.1 Å². The molecule has 4 rings (SSSR count). The number of benzene rings is 1. The van der Waals surface area contributed by atoms with Gasteiger partial charge in [-0.3, -0.25) is 9.59 Å². The standard InChI is InChI=1S/C19H23N5O3/c1-22(8-9-23-7-6-13-4-2-3-5-15(13)23)19(27)21-14-10-16-18(26)20-11-17(25)24(16)12-14/h2-7,14,16H,8-12H2,1H3,(H,20,26)(H,21,27)/t14-,16+/m1/s1. The second-order valence-electron chi connectivity index (χ2n) is 7.15. The Kier molecular flexibility index (Phi) is 4.47. The molecule has 2 aliphatic rings. The van der Waals surface area contributed by atoms with Gasteiger partial charge in [-0.15, -0.1) is 0 Å². The average molecular weight is 369 g/mol. The molecular formula is C19H23N5O3. The average Bonchev–Trinajstić information content (AvgIpc) is 3.28. The summed E-state index contributed by atoms with van der Waals surface area (Å²) in [4.78, 5) is 39.5. The summed E-state index contributed by atoms with van der Waals surface area (Å²) in [7, 11) is 1.75. The fourth-order valence-electron chi connectivity index (χ4n) is 3.83. The molecule has 1 aromatic heterocycles. The van der Waals surface area contributed by atoms with E-state index in [2.05, 4.69) is 33.4 Å². The van der Waals surface area contributed by atoms with Crippen molar-refractivity contribution < 1.29 is 14.4 Å². The lowest BCUT2D eigenvalue weighted by Crippen LogP contribution is -2.55. The van der Waals surface area contributed by atoms with Crippen LogP contribution in [-0.4, -0.2) is 71.0 Å². The van der Waals surface area contributed by atoms with E-state index in [1.54, 1.807) is 16.8 Å². The summed E-state index contributed by atoms with van der Waals surface area (Å²) in [6.45, 7) is 1.68. The number of amides is 4. The normalized spacial score (nSPS) is 21.9. The Morgan fingerprint density at radius 2 is 2.11 bits per heavy atom. The van der Waals surface area contributed by atoms with Gasteiger partial charge >= 0.3 is 6.03 Å². The van der Waals surface area contributed by atoms with Crippen LogP contribution in [0.2, 0.25) is 0 Å². The highest BCUT2D eigenvalue weighted by Gasteiger charge is 2.42. The number of urea groups is 1. The van der Waals surface area contributed by atoms with Gasteiger partial charge in [-0.05, 0) is 23.9 Å². The fraction of sp³-hybridized carbons (Fsp3) is 0.421. The molecule has 0 spiro atoms. The number of nitrogens with one attached hydrogen (secondary N) is 2. The van der Waals surface area contributed by atoms with E-state index in [0.717, 1.165) is 5.52 Å². The molecule has 1 aromatic carbocycles. The van der Waals surface area contributed by atoms with Crippen molar-refractivity contribution in [3.05, 3.63) is 36.5 Å². The Morgan fingerprint density at radius 1 is 1.30 bits per heavy atom. The number of para-hydroxylation sites is 1. The summed E-state index contributed by atoms with van der Waals surface area (Å²) in [6, 6.07) is 9.34. The number of carbonyl (C=O) groups excluding carboxylic acids is 3. The van der Waals surface area contributed by atoms with Crippen LogP contribution in [0.15, 0.2) is 36.5 Å². The number of hydrogen-bond acceptors (Lipinski definition) is 3. The minimum absolute atomic E-state index is 0.0424. The molecule has 0 unspecified atom stereocenters. The van der Waals surface area contributed by atoms with E-state index in [1.165, 1.54) is 5.39 Å². The van der Waals surface area contributed by atoms with Gasteiger partial charge in [0, 0.05) is 38.4 Å². The quantitative estimate of drug-likeness (QED) is 0.817. The molecule has 0 saturated carbocycles. The van der Waals surface area contributed by atoms with Crippen molar-refractivity contribution >= 4 is 28.7 Å². The molecule has 8 heteroatoms. The van der Waals surface area contributed by atoms with Crippen molar-refractivity contribution in [2.75, 3.05) is 26.7 Å². The Hall–Kier alpha value is -3.03.